The van der Waals surface area contributed by atoms with Crippen LogP contribution in [-0.2, 0) is 0 Å². The smallest absolute Gasteiger partial charge is 0.0926 e. The number of fused-ring (bicyclic) bond motifs is 3. The van der Waals surface area contributed by atoms with E-state index < -0.39 is 0 Å². The zero-order valence-electron chi connectivity index (χ0n) is 8.91. The molecule has 0 spiro atoms. The van der Waals surface area contributed by atoms with E-state index in [1.807, 2.05) is 4.90 Å². The minimum atomic E-state index is 0.546. The monoisotopic (exact) mass is 168 g/mol. The van der Waals surface area contributed by atoms with Gasteiger partial charge in [-0.25, -0.2) is 0 Å². The van der Waals surface area contributed by atoms with E-state index in [0.717, 1.165) is 5.92 Å². The van der Waals surface area contributed by atoms with E-state index in [4.69, 9.17) is 0 Å². The van der Waals surface area contributed by atoms with Crippen molar-refractivity contribution in [2.24, 2.45) is 5.92 Å². The molecule has 0 aromatic carbocycles. The Hall–Kier alpha value is -0.0400. The topological polar surface area (TPSA) is 4.44 Å². The summed E-state index contributed by atoms with van der Waals surface area (Å²) in [4.78, 5) is 1.84. The van der Waals surface area contributed by atoms with Gasteiger partial charge in [-0.05, 0) is 40.0 Å². The normalized spacial score (nSPS) is 43.0. The molecule has 70 valence electrons. The second-order valence-corrected chi connectivity index (χ2v) is 6.06. The first-order valence-corrected chi connectivity index (χ1v) is 5.29. The molecular formula is C11H22N+. The summed E-state index contributed by atoms with van der Waals surface area (Å²) >= 11 is 0. The summed E-state index contributed by atoms with van der Waals surface area (Å²) in [6.45, 7) is 11.2. The molecule has 3 saturated heterocycles. The summed E-state index contributed by atoms with van der Waals surface area (Å²) in [6, 6.07) is 0. The molecule has 3 aliphatic rings. The fourth-order valence-electron chi connectivity index (χ4n) is 3.91. The summed E-state index contributed by atoms with van der Waals surface area (Å²) in [7, 11) is 0. The van der Waals surface area contributed by atoms with Gasteiger partial charge in [0.15, 0.2) is 0 Å². The van der Waals surface area contributed by atoms with E-state index in [-0.39, 0.29) is 0 Å². The maximum absolute atomic E-state index is 2.44. The van der Waals surface area contributed by atoms with Crippen molar-refractivity contribution in [2.75, 3.05) is 6.54 Å². The highest BCUT2D eigenvalue weighted by molar-refractivity contribution is 4.89. The van der Waals surface area contributed by atoms with Crippen LogP contribution in [0, 0.1) is 5.92 Å². The molecule has 0 aromatic heterocycles. The molecule has 0 radical (unpaired) electrons. The molecule has 0 amide bonds. The standard InChI is InChI=1S/C11H21N/c1-10(2)7-9-5-6-12(10)11(3,4)8-9/h9H,5-8H2,1-4H3/p+1. The Bertz CT molecular complexity index is 175. The number of piperidine rings is 3. The first kappa shape index (κ1) is 8.55. The highest BCUT2D eigenvalue weighted by Gasteiger charge is 2.52. The second-order valence-electron chi connectivity index (χ2n) is 6.06. The van der Waals surface area contributed by atoms with Crippen LogP contribution in [0.15, 0.2) is 0 Å². The Morgan fingerprint density at radius 3 is 1.75 bits per heavy atom. The molecule has 3 rings (SSSR count). The maximum atomic E-state index is 2.44. The van der Waals surface area contributed by atoms with E-state index in [1.54, 1.807) is 0 Å². The third-order valence-electron chi connectivity index (χ3n) is 4.03. The summed E-state index contributed by atoms with van der Waals surface area (Å²) in [5.41, 5.74) is 1.09. The van der Waals surface area contributed by atoms with Gasteiger partial charge in [0.1, 0.15) is 0 Å². The molecule has 12 heavy (non-hydrogen) atoms. The zero-order chi connectivity index (χ0) is 8.98. The first-order valence-electron chi connectivity index (χ1n) is 5.29. The van der Waals surface area contributed by atoms with Crippen LogP contribution in [0.25, 0.3) is 0 Å². The molecule has 0 atom stereocenters. The molecule has 0 saturated carbocycles. The lowest BCUT2D eigenvalue weighted by atomic mass is 9.68. The first-order chi connectivity index (χ1) is 5.42. The van der Waals surface area contributed by atoms with Crippen molar-refractivity contribution < 1.29 is 4.90 Å². The molecule has 0 aliphatic carbocycles. The third-order valence-corrected chi connectivity index (χ3v) is 4.03. The highest BCUT2D eigenvalue weighted by Crippen LogP contribution is 2.34. The van der Waals surface area contributed by atoms with Crippen LogP contribution in [0.3, 0.4) is 0 Å². The van der Waals surface area contributed by atoms with E-state index in [2.05, 4.69) is 27.7 Å². The van der Waals surface area contributed by atoms with Gasteiger partial charge in [-0.2, -0.15) is 0 Å². The van der Waals surface area contributed by atoms with E-state index >= 15 is 0 Å². The van der Waals surface area contributed by atoms with Crippen molar-refractivity contribution in [3.05, 3.63) is 0 Å². The van der Waals surface area contributed by atoms with Gasteiger partial charge in [0.2, 0.25) is 0 Å². The predicted octanol–water partition coefficient (Wildman–Crippen LogP) is 1.24. The fraction of sp³-hybridized carbons (Fsp3) is 1.00. The van der Waals surface area contributed by atoms with Crippen LogP contribution in [0.1, 0.15) is 47.0 Å². The van der Waals surface area contributed by atoms with Crippen molar-refractivity contribution in [1.82, 2.24) is 0 Å². The van der Waals surface area contributed by atoms with Gasteiger partial charge in [0.05, 0.1) is 17.6 Å². The Morgan fingerprint density at radius 2 is 1.50 bits per heavy atom. The Kier molecular flexibility index (Phi) is 1.61. The van der Waals surface area contributed by atoms with Crippen molar-refractivity contribution in [3.8, 4) is 0 Å². The van der Waals surface area contributed by atoms with Crippen LogP contribution in [-0.4, -0.2) is 17.6 Å². The number of nitrogens with one attached hydrogen (secondary N) is 1. The number of hydrogen-bond donors (Lipinski definition) is 1. The molecular weight excluding hydrogens is 146 g/mol. The quantitative estimate of drug-likeness (QED) is 0.555. The Morgan fingerprint density at radius 1 is 1.00 bits per heavy atom. The van der Waals surface area contributed by atoms with Crippen molar-refractivity contribution in [2.45, 2.75) is 58.0 Å². The van der Waals surface area contributed by atoms with Crippen LogP contribution in [0.5, 0.6) is 0 Å². The summed E-state index contributed by atoms with van der Waals surface area (Å²) in [5.74, 6) is 1.02. The largest absolute Gasteiger partial charge is 0.326 e. The number of quaternary nitrogens is 1. The van der Waals surface area contributed by atoms with E-state index in [0.29, 0.717) is 11.1 Å². The number of rotatable bonds is 0. The number of hydrogen-bond acceptors (Lipinski definition) is 0. The van der Waals surface area contributed by atoms with E-state index in [1.165, 1.54) is 25.8 Å². The van der Waals surface area contributed by atoms with Gasteiger partial charge in [-0.1, -0.05) is 0 Å². The van der Waals surface area contributed by atoms with Gasteiger partial charge < -0.3 is 4.90 Å². The molecule has 1 N–H and O–H groups in total. The molecule has 3 fully saturated rings. The van der Waals surface area contributed by atoms with Gasteiger partial charge in [0, 0.05) is 12.8 Å². The lowest BCUT2D eigenvalue weighted by molar-refractivity contribution is -1.01. The van der Waals surface area contributed by atoms with Crippen molar-refractivity contribution in [1.29, 1.82) is 0 Å². The predicted molar refractivity (Wildman–Crippen MR) is 51.3 cm³/mol. The molecule has 2 bridgehead atoms. The fourth-order valence-corrected chi connectivity index (χ4v) is 3.91. The average Bonchev–Trinajstić information content (AvgIpc) is 1.80. The van der Waals surface area contributed by atoms with Crippen molar-refractivity contribution >= 4 is 0 Å². The lowest BCUT2D eigenvalue weighted by Crippen LogP contribution is -3.28. The molecule has 0 aromatic rings. The second kappa shape index (κ2) is 2.25. The summed E-state index contributed by atoms with van der Waals surface area (Å²) < 4.78 is 0. The van der Waals surface area contributed by atoms with Gasteiger partial charge >= 0.3 is 0 Å². The average molecular weight is 168 g/mol. The van der Waals surface area contributed by atoms with Crippen LogP contribution in [0.4, 0.5) is 0 Å². The van der Waals surface area contributed by atoms with Gasteiger partial charge in [0.25, 0.3) is 0 Å². The van der Waals surface area contributed by atoms with Crippen LogP contribution in [0.2, 0.25) is 0 Å². The van der Waals surface area contributed by atoms with E-state index in [9.17, 15) is 0 Å². The molecule has 3 heterocycles. The minimum Gasteiger partial charge on any atom is -0.326 e. The zero-order valence-corrected chi connectivity index (χ0v) is 8.91. The SMILES string of the molecule is CC1(C)CC2CC[NH+]1C(C)(C)C2. The van der Waals surface area contributed by atoms with Crippen LogP contribution < -0.4 is 4.90 Å². The van der Waals surface area contributed by atoms with Gasteiger partial charge in [-0.3, -0.25) is 0 Å². The van der Waals surface area contributed by atoms with Crippen molar-refractivity contribution in [3.63, 3.8) is 0 Å². The summed E-state index contributed by atoms with van der Waals surface area (Å²) in [5, 5.41) is 0. The lowest BCUT2D eigenvalue weighted by Gasteiger charge is -2.56. The van der Waals surface area contributed by atoms with Gasteiger partial charge in [-0.15, -0.1) is 0 Å². The minimum absolute atomic E-state index is 0.546. The summed E-state index contributed by atoms with van der Waals surface area (Å²) in [6.07, 6.45) is 4.37. The highest BCUT2D eigenvalue weighted by atomic mass is 15.3. The molecule has 0 unspecified atom stereocenters. The Labute approximate surface area is 76.1 Å². The third kappa shape index (κ3) is 1.10. The maximum Gasteiger partial charge on any atom is 0.0926 e. The van der Waals surface area contributed by atoms with Crippen LogP contribution >= 0.6 is 0 Å². The molecule has 1 nitrogen and oxygen atoms in total. The Balaban J connectivity index is 2.28. The molecule has 1 heteroatoms. The molecule has 3 aliphatic heterocycles.